The fourth-order valence-corrected chi connectivity index (χ4v) is 2.62. The van der Waals surface area contributed by atoms with Gasteiger partial charge in [-0.25, -0.2) is 5.43 Å². The van der Waals surface area contributed by atoms with Gasteiger partial charge in [-0.3, -0.25) is 9.59 Å². The Hall–Kier alpha value is -1.39. The number of rotatable bonds is 3. The van der Waals surface area contributed by atoms with Crippen LogP contribution in [0, 0.1) is 5.41 Å². The first-order chi connectivity index (χ1) is 8.59. The summed E-state index contributed by atoms with van der Waals surface area (Å²) in [5.74, 6) is -0.257. The summed E-state index contributed by atoms with van der Waals surface area (Å²) in [6.07, 6.45) is 6.96. The highest BCUT2D eigenvalue weighted by Gasteiger charge is 2.28. The van der Waals surface area contributed by atoms with Crippen LogP contribution in [-0.2, 0) is 9.59 Å². The van der Waals surface area contributed by atoms with Crippen molar-refractivity contribution in [3.05, 3.63) is 0 Å². The van der Waals surface area contributed by atoms with E-state index in [0.29, 0.717) is 25.1 Å². The second kappa shape index (κ2) is 5.50. The second-order valence-corrected chi connectivity index (χ2v) is 5.65. The van der Waals surface area contributed by atoms with Crippen LogP contribution in [0.3, 0.4) is 0 Å². The first-order valence-corrected chi connectivity index (χ1v) is 6.73. The van der Waals surface area contributed by atoms with Gasteiger partial charge in [0.1, 0.15) is 5.71 Å². The first kappa shape index (κ1) is 13.1. The lowest BCUT2D eigenvalue weighted by atomic mass is 9.76. The van der Waals surface area contributed by atoms with Crippen LogP contribution in [0.5, 0.6) is 0 Å². The number of amides is 2. The molecule has 0 bridgehead atoms. The van der Waals surface area contributed by atoms with E-state index in [4.69, 9.17) is 0 Å². The third kappa shape index (κ3) is 3.31. The van der Waals surface area contributed by atoms with Crippen LogP contribution in [-0.4, -0.2) is 24.1 Å². The standard InChI is InChI=1S/C13H21N3O2/c1-13(7-3-2-4-8-13)9-14-12(18)10-5-6-11(17)16-15-10/h2-9H2,1H3,(H,14,18)(H,16,17). The third-order valence-corrected chi connectivity index (χ3v) is 3.90. The minimum absolute atomic E-state index is 0.120. The molecule has 0 saturated heterocycles. The molecule has 2 N–H and O–H groups in total. The molecule has 0 spiro atoms. The summed E-state index contributed by atoms with van der Waals surface area (Å²) >= 11 is 0. The minimum atomic E-state index is -0.137. The van der Waals surface area contributed by atoms with E-state index in [1.807, 2.05) is 0 Å². The number of hydrogen-bond acceptors (Lipinski definition) is 3. The molecule has 0 aromatic heterocycles. The van der Waals surface area contributed by atoms with E-state index < -0.39 is 0 Å². The topological polar surface area (TPSA) is 70.6 Å². The molecule has 100 valence electrons. The quantitative estimate of drug-likeness (QED) is 0.794. The molecule has 1 heterocycles. The Kier molecular flexibility index (Phi) is 3.99. The van der Waals surface area contributed by atoms with Gasteiger partial charge in [-0.15, -0.1) is 0 Å². The maximum absolute atomic E-state index is 11.9. The largest absolute Gasteiger partial charge is 0.350 e. The van der Waals surface area contributed by atoms with Crippen LogP contribution in [0.2, 0.25) is 0 Å². The monoisotopic (exact) mass is 251 g/mol. The van der Waals surface area contributed by atoms with Gasteiger partial charge in [0.2, 0.25) is 5.91 Å². The second-order valence-electron chi connectivity index (χ2n) is 5.65. The molecule has 0 aromatic rings. The van der Waals surface area contributed by atoms with E-state index in [-0.39, 0.29) is 17.2 Å². The van der Waals surface area contributed by atoms with Gasteiger partial charge in [-0.2, -0.15) is 5.10 Å². The fourth-order valence-electron chi connectivity index (χ4n) is 2.62. The number of hydrazone groups is 1. The summed E-state index contributed by atoms with van der Waals surface area (Å²) in [6.45, 7) is 2.94. The van der Waals surface area contributed by atoms with Gasteiger partial charge in [0.25, 0.3) is 5.91 Å². The highest BCUT2D eigenvalue weighted by atomic mass is 16.2. The summed E-state index contributed by atoms with van der Waals surface area (Å²) in [5.41, 5.74) is 3.02. The lowest BCUT2D eigenvalue weighted by molar-refractivity contribution is -0.121. The molecule has 0 atom stereocenters. The van der Waals surface area contributed by atoms with Gasteiger partial charge in [0, 0.05) is 19.4 Å². The minimum Gasteiger partial charge on any atom is -0.350 e. The van der Waals surface area contributed by atoms with Crippen molar-refractivity contribution < 1.29 is 9.59 Å². The molecule has 2 aliphatic rings. The van der Waals surface area contributed by atoms with Crippen LogP contribution in [0.15, 0.2) is 5.10 Å². The molecular formula is C13H21N3O2. The van der Waals surface area contributed by atoms with Crippen molar-refractivity contribution in [2.45, 2.75) is 51.9 Å². The van der Waals surface area contributed by atoms with Crippen LogP contribution >= 0.6 is 0 Å². The summed E-state index contributed by atoms with van der Waals surface area (Å²) < 4.78 is 0. The molecule has 0 radical (unpaired) electrons. The van der Waals surface area contributed by atoms with E-state index in [9.17, 15) is 9.59 Å². The number of hydrogen-bond donors (Lipinski definition) is 2. The Morgan fingerprint density at radius 3 is 2.67 bits per heavy atom. The molecule has 18 heavy (non-hydrogen) atoms. The van der Waals surface area contributed by atoms with Crippen molar-refractivity contribution in [1.29, 1.82) is 0 Å². The van der Waals surface area contributed by atoms with Crippen molar-refractivity contribution in [3.8, 4) is 0 Å². The van der Waals surface area contributed by atoms with Crippen LogP contribution in [0.4, 0.5) is 0 Å². The Morgan fingerprint density at radius 2 is 2.06 bits per heavy atom. The Morgan fingerprint density at radius 1 is 1.33 bits per heavy atom. The fraction of sp³-hybridized carbons (Fsp3) is 0.769. The van der Waals surface area contributed by atoms with Gasteiger partial charge in [-0.1, -0.05) is 26.2 Å². The molecule has 0 aromatic carbocycles. The van der Waals surface area contributed by atoms with Crippen molar-refractivity contribution in [1.82, 2.24) is 10.7 Å². The van der Waals surface area contributed by atoms with Gasteiger partial charge in [0.15, 0.2) is 0 Å². The summed E-state index contributed by atoms with van der Waals surface area (Å²) in [4.78, 5) is 22.8. The van der Waals surface area contributed by atoms with Gasteiger partial charge in [0.05, 0.1) is 0 Å². The molecule has 1 saturated carbocycles. The van der Waals surface area contributed by atoms with Crippen LogP contribution in [0.25, 0.3) is 0 Å². The first-order valence-electron chi connectivity index (χ1n) is 6.73. The van der Waals surface area contributed by atoms with Gasteiger partial charge < -0.3 is 5.32 Å². The average molecular weight is 251 g/mol. The summed E-state index contributed by atoms with van der Waals surface area (Å²) in [7, 11) is 0. The smallest absolute Gasteiger partial charge is 0.267 e. The maximum atomic E-state index is 11.9. The lowest BCUT2D eigenvalue weighted by Gasteiger charge is -2.33. The molecule has 5 heteroatoms. The Bertz CT molecular complexity index is 370. The molecule has 5 nitrogen and oxygen atoms in total. The Labute approximate surface area is 107 Å². The third-order valence-electron chi connectivity index (χ3n) is 3.90. The number of carbonyl (C=O) groups is 2. The Balaban J connectivity index is 1.82. The van der Waals surface area contributed by atoms with Crippen LogP contribution in [0.1, 0.15) is 51.9 Å². The predicted octanol–water partition coefficient (Wildman–Crippen LogP) is 1.34. The van der Waals surface area contributed by atoms with Gasteiger partial charge in [-0.05, 0) is 18.3 Å². The zero-order valence-electron chi connectivity index (χ0n) is 10.9. The van der Waals surface area contributed by atoms with Crippen molar-refractivity contribution >= 4 is 17.5 Å². The van der Waals surface area contributed by atoms with E-state index in [2.05, 4.69) is 22.8 Å². The zero-order chi connectivity index (χ0) is 13.0. The molecule has 2 rings (SSSR count). The van der Waals surface area contributed by atoms with E-state index in [1.54, 1.807) is 0 Å². The molecule has 0 unspecified atom stereocenters. The van der Waals surface area contributed by atoms with E-state index >= 15 is 0 Å². The number of carbonyl (C=O) groups excluding carboxylic acids is 2. The zero-order valence-corrected chi connectivity index (χ0v) is 10.9. The van der Waals surface area contributed by atoms with E-state index in [0.717, 1.165) is 0 Å². The SMILES string of the molecule is CC1(CNC(=O)C2=NNC(=O)CC2)CCCCC1. The molecule has 1 fully saturated rings. The van der Waals surface area contributed by atoms with Gasteiger partial charge >= 0.3 is 0 Å². The lowest BCUT2D eigenvalue weighted by Crippen LogP contribution is -2.42. The summed E-state index contributed by atoms with van der Waals surface area (Å²) in [5, 5.41) is 6.76. The molecule has 2 amide bonds. The predicted molar refractivity (Wildman–Crippen MR) is 69.0 cm³/mol. The highest BCUT2D eigenvalue weighted by molar-refractivity contribution is 6.39. The molecule has 1 aliphatic carbocycles. The van der Waals surface area contributed by atoms with E-state index in [1.165, 1.54) is 32.1 Å². The maximum Gasteiger partial charge on any atom is 0.267 e. The van der Waals surface area contributed by atoms with Crippen LogP contribution < -0.4 is 10.7 Å². The summed E-state index contributed by atoms with van der Waals surface area (Å²) in [6, 6.07) is 0. The normalized spacial score (nSPS) is 22.9. The highest BCUT2D eigenvalue weighted by Crippen LogP contribution is 2.34. The number of nitrogens with one attached hydrogen (secondary N) is 2. The van der Waals surface area contributed by atoms with Crippen molar-refractivity contribution in [2.75, 3.05) is 6.54 Å². The molecular weight excluding hydrogens is 230 g/mol. The number of nitrogens with zero attached hydrogens (tertiary/aromatic N) is 1. The van der Waals surface area contributed by atoms with Crippen molar-refractivity contribution in [3.63, 3.8) is 0 Å². The average Bonchev–Trinajstić information content (AvgIpc) is 2.38. The van der Waals surface area contributed by atoms with Crippen molar-refractivity contribution in [2.24, 2.45) is 10.5 Å². The molecule has 1 aliphatic heterocycles.